The number of hydrogen-bond donors (Lipinski definition) is 0. The second-order valence-electron chi connectivity index (χ2n) is 4.89. The summed E-state index contributed by atoms with van der Waals surface area (Å²) in [7, 11) is 1.66. The number of methoxy groups -OCH3 is 1. The van der Waals surface area contributed by atoms with Crippen molar-refractivity contribution < 1.29 is 4.74 Å². The average molecular weight is 309 g/mol. The van der Waals surface area contributed by atoms with Crippen LogP contribution >= 0.6 is 23.4 Å². The van der Waals surface area contributed by atoms with Gasteiger partial charge in [0.15, 0.2) is 0 Å². The van der Waals surface area contributed by atoms with Crippen molar-refractivity contribution in [1.82, 2.24) is 9.88 Å². The highest BCUT2D eigenvalue weighted by molar-refractivity contribution is 7.99. The van der Waals surface area contributed by atoms with E-state index in [9.17, 15) is 0 Å². The molecule has 0 aliphatic carbocycles. The van der Waals surface area contributed by atoms with Crippen molar-refractivity contribution in [2.45, 2.75) is 6.54 Å². The Morgan fingerprint density at radius 3 is 2.85 bits per heavy atom. The van der Waals surface area contributed by atoms with Gasteiger partial charge in [-0.1, -0.05) is 11.6 Å². The number of halogens is 1. The Balaban J connectivity index is 1.89. The number of aromatic nitrogens is 1. The van der Waals surface area contributed by atoms with Crippen LogP contribution < -0.4 is 4.74 Å². The second kappa shape index (κ2) is 6.20. The molecule has 1 aromatic heterocycles. The third-order valence-corrected chi connectivity index (χ3v) is 4.82. The van der Waals surface area contributed by atoms with Crippen molar-refractivity contribution in [3.63, 3.8) is 0 Å². The van der Waals surface area contributed by atoms with E-state index < -0.39 is 0 Å². The molecule has 0 unspecified atom stereocenters. The topological polar surface area (TPSA) is 25.4 Å². The minimum Gasteiger partial charge on any atom is -0.497 e. The Kier molecular flexibility index (Phi) is 4.34. The largest absolute Gasteiger partial charge is 0.497 e. The van der Waals surface area contributed by atoms with E-state index in [4.69, 9.17) is 16.3 Å². The zero-order valence-electron chi connectivity index (χ0n) is 11.4. The third kappa shape index (κ3) is 3.03. The van der Waals surface area contributed by atoms with Gasteiger partial charge in [-0.3, -0.25) is 4.90 Å². The first-order valence-electron chi connectivity index (χ1n) is 6.69. The van der Waals surface area contributed by atoms with E-state index in [0.717, 1.165) is 41.9 Å². The molecular weight excluding hydrogens is 292 g/mol. The number of rotatable bonds is 3. The summed E-state index contributed by atoms with van der Waals surface area (Å²) in [6.07, 6.45) is 0. The number of benzene rings is 1. The first kappa shape index (κ1) is 14.0. The summed E-state index contributed by atoms with van der Waals surface area (Å²) in [5.74, 6) is 3.22. The molecule has 106 valence electrons. The van der Waals surface area contributed by atoms with E-state index in [0.29, 0.717) is 5.15 Å². The molecule has 3 rings (SSSR count). The molecule has 0 radical (unpaired) electrons. The predicted molar refractivity (Wildman–Crippen MR) is 85.9 cm³/mol. The molecule has 0 saturated carbocycles. The summed E-state index contributed by atoms with van der Waals surface area (Å²) < 4.78 is 5.22. The highest BCUT2D eigenvalue weighted by Gasteiger charge is 2.13. The van der Waals surface area contributed by atoms with Gasteiger partial charge in [0.1, 0.15) is 10.9 Å². The molecule has 0 atom stereocenters. The lowest BCUT2D eigenvalue weighted by molar-refractivity contribution is 0.294. The lowest BCUT2D eigenvalue weighted by Crippen LogP contribution is -2.32. The van der Waals surface area contributed by atoms with Crippen LogP contribution in [0.3, 0.4) is 0 Å². The number of pyridine rings is 1. The van der Waals surface area contributed by atoms with E-state index in [1.54, 1.807) is 7.11 Å². The smallest absolute Gasteiger partial charge is 0.134 e. The maximum atomic E-state index is 6.33. The molecule has 0 spiro atoms. The lowest BCUT2D eigenvalue weighted by Gasteiger charge is -2.26. The van der Waals surface area contributed by atoms with E-state index in [-0.39, 0.29) is 0 Å². The Labute approximate surface area is 128 Å². The zero-order valence-corrected chi connectivity index (χ0v) is 13.0. The zero-order chi connectivity index (χ0) is 13.9. The van der Waals surface area contributed by atoms with Crippen molar-refractivity contribution in [3.05, 3.63) is 35.0 Å². The highest BCUT2D eigenvalue weighted by Crippen LogP contribution is 2.25. The van der Waals surface area contributed by atoms with Crippen LogP contribution in [-0.2, 0) is 6.54 Å². The normalized spacial score (nSPS) is 16.5. The molecule has 0 bridgehead atoms. The number of nitrogens with zero attached hydrogens (tertiary/aromatic N) is 2. The fraction of sp³-hybridized carbons (Fsp3) is 0.400. The fourth-order valence-electron chi connectivity index (χ4n) is 2.41. The molecule has 1 aliphatic rings. The molecule has 5 heteroatoms. The highest BCUT2D eigenvalue weighted by atomic mass is 35.5. The Bertz CT molecular complexity index is 614. The van der Waals surface area contributed by atoms with Crippen LogP contribution in [-0.4, -0.2) is 41.6 Å². The maximum absolute atomic E-state index is 6.33. The van der Waals surface area contributed by atoms with Crippen LogP contribution in [0.4, 0.5) is 0 Å². The van der Waals surface area contributed by atoms with Crippen LogP contribution in [0, 0.1) is 0 Å². The van der Waals surface area contributed by atoms with Gasteiger partial charge < -0.3 is 4.74 Å². The summed E-state index contributed by atoms with van der Waals surface area (Å²) in [6.45, 7) is 3.14. The SMILES string of the molecule is COc1ccc2cc(CN3CCSCC3)c(Cl)nc2c1. The molecule has 0 amide bonds. The molecule has 0 N–H and O–H groups in total. The van der Waals surface area contributed by atoms with Crippen molar-refractivity contribution in [2.24, 2.45) is 0 Å². The number of thioether (sulfide) groups is 1. The summed E-state index contributed by atoms with van der Waals surface area (Å²) in [4.78, 5) is 6.94. The van der Waals surface area contributed by atoms with Gasteiger partial charge >= 0.3 is 0 Å². The van der Waals surface area contributed by atoms with Gasteiger partial charge in [-0.05, 0) is 18.2 Å². The van der Waals surface area contributed by atoms with Gasteiger partial charge in [-0.25, -0.2) is 4.98 Å². The van der Waals surface area contributed by atoms with Crippen molar-refractivity contribution in [2.75, 3.05) is 31.7 Å². The predicted octanol–water partition coefficient (Wildman–Crippen LogP) is 3.45. The van der Waals surface area contributed by atoms with Crippen molar-refractivity contribution >= 4 is 34.3 Å². The molecular formula is C15H17ClN2OS. The van der Waals surface area contributed by atoms with E-state index in [1.807, 2.05) is 30.0 Å². The average Bonchev–Trinajstić information content (AvgIpc) is 2.48. The first-order chi connectivity index (χ1) is 9.76. The Morgan fingerprint density at radius 2 is 2.10 bits per heavy atom. The summed E-state index contributed by atoms with van der Waals surface area (Å²) in [6, 6.07) is 8.06. The monoisotopic (exact) mass is 308 g/mol. The lowest BCUT2D eigenvalue weighted by atomic mass is 10.1. The molecule has 2 aromatic rings. The van der Waals surface area contributed by atoms with Crippen LogP contribution in [0.25, 0.3) is 10.9 Å². The summed E-state index contributed by atoms with van der Waals surface area (Å²) >= 11 is 8.35. The molecule has 2 heterocycles. The van der Waals surface area contributed by atoms with E-state index in [2.05, 4.69) is 16.0 Å². The minimum atomic E-state index is 0.601. The third-order valence-electron chi connectivity index (χ3n) is 3.55. The second-order valence-corrected chi connectivity index (χ2v) is 6.47. The minimum absolute atomic E-state index is 0.601. The van der Waals surface area contributed by atoms with Gasteiger partial charge in [0.05, 0.1) is 12.6 Å². The van der Waals surface area contributed by atoms with Gasteiger partial charge in [0.2, 0.25) is 0 Å². The Hall–Kier alpha value is -0.970. The van der Waals surface area contributed by atoms with E-state index in [1.165, 1.54) is 11.5 Å². The van der Waals surface area contributed by atoms with Gasteiger partial charge in [0, 0.05) is 48.2 Å². The summed E-state index contributed by atoms with van der Waals surface area (Å²) in [5.41, 5.74) is 1.99. The number of hydrogen-bond acceptors (Lipinski definition) is 4. The quantitative estimate of drug-likeness (QED) is 0.811. The number of ether oxygens (including phenoxy) is 1. The molecule has 1 aliphatic heterocycles. The van der Waals surface area contributed by atoms with Gasteiger partial charge in [0.25, 0.3) is 0 Å². The Morgan fingerprint density at radius 1 is 1.30 bits per heavy atom. The van der Waals surface area contributed by atoms with Crippen molar-refractivity contribution in [3.8, 4) is 5.75 Å². The molecule has 1 saturated heterocycles. The van der Waals surface area contributed by atoms with E-state index >= 15 is 0 Å². The van der Waals surface area contributed by atoms with Gasteiger partial charge in [-0.2, -0.15) is 11.8 Å². The first-order valence-corrected chi connectivity index (χ1v) is 8.23. The maximum Gasteiger partial charge on any atom is 0.134 e. The molecule has 3 nitrogen and oxygen atoms in total. The molecule has 20 heavy (non-hydrogen) atoms. The number of fused-ring (bicyclic) bond motifs is 1. The van der Waals surface area contributed by atoms with Gasteiger partial charge in [-0.15, -0.1) is 0 Å². The molecule has 1 aromatic carbocycles. The molecule has 1 fully saturated rings. The van der Waals surface area contributed by atoms with Crippen molar-refractivity contribution in [1.29, 1.82) is 0 Å². The fourth-order valence-corrected chi connectivity index (χ4v) is 3.59. The summed E-state index contributed by atoms with van der Waals surface area (Å²) in [5, 5.41) is 1.71. The van der Waals surface area contributed by atoms with Crippen LogP contribution in [0.5, 0.6) is 5.75 Å². The standard InChI is InChI=1S/C15H17ClN2OS/c1-19-13-3-2-11-8-12(15(16)17-14(11)9-13)10-18-4-6-20-7-5-18/h2-3,8-9H,4-7,10H2,1H3. The van der Waals surface area contributed by atoms with Crippen LogP contribution in [0.1, 0.15) is 5.56 Å². The van der Waals surface area contributed by atoms with Crippen LogP contribution in [0.15, 0.2) is 24.3 Å². The van der Waals surface area contributed by atoms with Crippen LogP contribution in [0.2, 0.25) is 5.15 Å².